The Balaban J connectivity index is 2.34. The van der Waals surface area contributed by atoms with Gasteiger partial charge in [-0.15, -0.1) is 0 Å². The maximum Gasteiger partial charge on any atom is 0.192 e. The molecule has 170 valence electrons. The Kier molecular flexibility index (Phi) is 8.15. The van der Waals surface area contributed by atoms with Crippen LogP contribution in [0.4, 0.5) is 0 Å². The summed E-state index contributed by atoms with van der Waals surface area (Å²) in [6, 6.07) is 10.3. The molecule has 0 radical (unpaired) electrons. The smallest absolute Gasteiger partial charge is 0.192 e. The average Bonchev–Trinajstić information content (AvgIpc) is 2.65. The van der Waals surface area contributed by atoms with Crippen LogP contribution in [0.1, 0.15) is 79.2 Å². The molecule has 0 aromatic heterocycles. The Morgan fingerprint density at radius 1 is 1.07 bits per heavy atom. The lowest BCUT2D eigenvalue weighted by Crippen LogP contribution is -2.62. The van der Waals surface area contributed by atoms with Gasteiger partial charge in [0.05, 0.1) is 24.2 Å². The van der Waals surface area contributed by atoms with Gasteiger partial charge in [0, 0.05) is 12.3 Å². The molecule has 3 nitrogen and oxygen atoms in total. The van der Waals surface area contributed by atoms with Crippen LogP contribution in [-0.2, 0) is 20.6 Å². The molecule has 0 heterocycles. The third-order valence-electron chi connectivity index (χ3n) is 7.73. The fraction of sp³-hybridized carbons (Fsp3) is 0.731. The molecule has 0 bridgehead atoms. The number of benzene rings is 1. The summed E-state index contributed by atoms with van der Waals surface area (Å²) in [6.07, 6.45) is 4.79. The first-order valence-corrected chi connectivity index (χ1v) is 14.6. The minimum Gasteiger partial charge on any atom is -0.410 e. The second kappa shape index (κ2) is 9.66. The maximum absolute atomic E-state index is 13.3. The van der Waals surface area contributed by atoms with Crippen molar-refractivity contribution in [1.82, 2.24) is 0 Å². The number of carbonyl (C=O) groups excluding carboxylic acids is 1. The molecular formula is C26H44O3Si. The molecule has 1 fully saturated rings. The van der Waals surface area contributed by atoms with Gasteiger partial charge in [-0.25, -0.2) is 0 Å². The van der Waals surface area contributed by atoms with Gasteiger partial charge < -0.3 is 9.16 Å². The Labute approximate surface area is 186 Å². The lowest BCUT2D eigenvalue weighted by atomic mass is 9.62. The summed E-state index contributed by atoms with van der Waals surface area (Å²) in [5.74, 6) is 0.475. The molecule has 1 aliphatic rings. The zero-order valence-electron chi connectivity index (χ0n) is 20.6. The largest absolute Gasteiger partial charge is 0.410 e. The Hall–Kier alpha value is -0.973. The average molecular weight is 433 g/mol. The maximum atomic E-state index is 13.3. The van der Waals surface area contributed by atoms with E-state index in [4.69, 9.17) is 9.16 Å². The van der Waals surface area contributed by atoms with Crippen molar-refractivity contribution in [3.63, 3.8) is 0 Å². The Bertz CT molecular complexity index is 690. The van der Waals surface area contributed by atoms with E-state index in [-0.39, 0.29) is 11.0 Å². The van der Waals surface area contributed by atoms with Crippen molar-refractivity contribution < 1.29 is 14.0 Å². The Morgan fingerprint density at radius 3 is 2.30 bits per heavy atom. The lowest BCUT2D eigenvalue weighted by Gasteiger charge is -2.56. The van der Waals surface area contributed by atoms with Gasteiger partial charge in [0.1, 0.15) is 5.78 Å². The first-order chi connectivity index (χ1) is 13.8. The van der Waals surface area contributed by atoms with E-state index in [1.165, 1.54) is 5.56 Å². The van der Waals surface area contributed by atoms with Crippen molar-refractivity contribution in [3.8, 4) is 0 Å². The highest BCUT2D eigenvalue weighted by Crippen LogP contribution is 2.51. The van der Waals surface area contributed by atoms with Crippen LogP contribution in [-0.4, -0.2) is 26.3 Å². The highest BCUT2D eigenvalue weighted by Gasteiger charge is 2.57. The summed E-state index contributed by atoms with van der Waals surface area (Å²) in [4.78, 5) is 13.3. The number of hydrogen-bond acceptors (Lipinski definition) is 3. The fourth-order valence-corrected chi connectivity index (χ4v) is 6.30. The predicted molar refractivity (Wildman–Crippen MR) is 128 cm³/mol. The molecule has 2 rings (SSSR count). The van der Waals surface area contributed by atoms with E-state index < -0.39 is 19.3 Å². The Morgan fingerprint density at radius 2 is 1.70 bits per heavy atom. The van der Waals surface area contributed by atoms with E-state index in [1.54, 1.807) is 0 Å². The topological polar surface area (TPSA) is 35.5 Å². The van der Waals surface area contributed by atoms with Crippen molar-refractivity contribution in [2.24, 2.45) is 11.3 Å². The van der Waals surface area contributed by atoms with Gasteiger partial charge >= 0.3 is 0 Å². The molecular weight excluding hydrogens is 388 g/mol. The van der Waals surface area contributed by atoms with E-state index in [0.717, 1.165) is 25.7 Å². The van der Waals surface area contributed by atoms with Crippen LogP contribution in [0, 0.1) is 11.3 Å². The highest BCUT2D eigenvalue weighted by molar-refractivity contribution is 6.74. The molecule has 1 aromatic carbocycles. The van der Waals surface area contributed by atoms with Crippen LogP contribution >= 0.6 is 0 Å². The van der Waals surface area contributed by atoms with Gasteiger partial charge in [-0.3, -0.25) is 4.79 Å². The first kappa shape index (κ1) is 25.3. The zero-order valence-corrected chi connectivity index (χ0v) is 21.6. The molecule has 0 unspecified atom stereocenters. The summed E-state index contributed by atoms with van der Waals surface area (Å²) < 4.78 is 13.4. The quantitative estimate of drug-likeness (QED) is 0.429. The summed E-state index contributed by atoms with van der Waals surface area (Å²) in [5, 5.41) is 0.0894. The molecule has 4 heteroatoms. The fourth-order valence-electron chi connectivity index (χ4n) is 4.52. The SMILES string of the molecule is C[C@@H](COCc1ccccc1)[C@]1(O[Si](C)(C)C(C)(C)C)CCCCCC(=O)C1(C)C. The number of rotatable bonds is 7. The molecule has 0 saturated heterocycles. The molecule has 0 amide bonds. The lowest BCUT2D eigenvalue weighted by molar-refractivity contribution is -0.158. The monoisotopic (exact) mass is 432 g/mol. The molecule has 0 N–H and O–H groups in total. The van der Waals surface area contributed by atoms with Crippen LogP contribution in [0.25, 0.3) is 0 Å². The summed E-state index contributed by atoms with van der Waals surface area (Å²) in [7, 11) is -2.10. The van der Waals surface area contributed by atoms with Crippen LogP contribution < -0.4 is 0 Å². The second-order valence-corrected chi connectivity index (χ2v) is 16.0. The normalized spacial score (nSPS) is 24.2. The van der Waals surface area contributed by atoms with Crippen molar-refractivity contribution in [2.45, 2.75) is 104 Å². The van der Waals surface area contributed by atoms with Crippen molar-refractivity contribution in [3.05, 3.63) is 35.9 Å². The van der Waals surface area contributed by atoms with Gasteiger partial charge in [-0.05, 0) is 36.5 Å². The van der Waals surface area contributed by atoms with Crippen molar-refractivity contribution >= 4 is 14.1 Å². The third kappa shape index (κ3) is 5.44. The zero-order chi connectivity index (χ0) is 22.6. The molecule has 2 atom stereocenters. The number of Topliss-reactive ketones (excluding diaryl/α,β-unsaturated/α-hetero) is 1. The van der Waals surface area contributed by atoms with E-state index in [1.807, 2.05) is 18.2 Å². The second-order valence-electron chi connectivity index (χ2n) is 11.3. The predicted octanol–water partition coefficient (Wildman–Crippen LogP) is 7.16. The number of hydrogen-bond donors (Lipinski definition) is 0. The molecule has 1 saturated carbocycles. The highest BCUT2D eigenvalue weighted by atomic mass is 28.4. The minimum absolute atomic E-state index is 0.0894. The summed E-state index contributed by atoms with van der Waals surface area (Å²) in [6.45, 7) is 19.1. The standard InChI is InChI=1S/C26H44O3Si/c1-21(19-28-20-22-15-11-9-12-16-22)26(29-30(7,8)24(2,3)4)18-14-10-13-17-23(27)25(26,5)6/h9,11-12,15-16,21H,10,13-14,17-20H2,1-8H3/t21-,26+/m0/s1. The minimum atomic E-state index is -2.10. The number of ether oxygens (including phenoxy) is 1. The summed E-state index contributed by atoms with van der Waals surface area (Å²) >= 11 is 0. The molecule has 1 aromatic rings. The van der Waals surface area contributed by atoms with E-state index >= 15 is 0 Å². The molecule has 0 spiro atoms. The van der Waals surface area contributed by atoms with Crippen molar-refractivity contribution in [1.29, 1.82) is 0 Å². The van der Waals surface area contributed by atoms with Crippen LogP contribution in [0.15, 0.2) is 30.3 Å². The van der Waals surface area contributed by atoms with Gasteiger partial charge in [0.15, 0.2) is 8.32 Å². The van der Waals surface area contributed by atoms with E-state index in [2.05, 4.69) is 66.8 Å². The number of ketones is 1. The number of carbonyl (C=O) groups is 1. The van der Waals surface area contributed by atoms with Crippen LogP contribution in [0.2, 0.25) is 18.1 Å². The molecule has 1 aliphatic carbocycles. The summed E-state index contributed by atoms with van der Waals surface area (Å²) in [5.41, 5.74) is 0.153. The first-order valence-electron chi connectivity index (χ1n) is 11.7. The van der Waals surface area contributed by atoms with Crippen molar-refractivity contribution in [2.75, 3.05) is 6.61 Å². The van der Waals surface area contributed by atoms with Crippen LogP contribution in [0.5, 0.6) is 0 Å². The van der Waals surface area contributed by atoms with Gasteiger partial charge in [-0.2, -0.15) is 0 Å². The van der Waals surface area contributed by atoms with Gasteiger partial charge in [0.25, 0.3) is 0 Å². The molecule has 0 aliphatic heterocycles. The van der Waals surface area contributed by atoms with Gasteiger partial charge in [-0.1, -0.05) is 84.7 Å². The van der Waals surface area contributed by atoms with Gasteiger partial charge in [0.2, 0.25) is 0 Å². The van der Waals surface area contributed by atoms with Crippen LogP contribution in [0.3, 0.4) is 0 Å². The van der Waals surface area contributed by atoms with E-state index in [9.17, 15) is 4.79 Å². The molecule has 30 heavy (non-hydrogen) atoms. The van der Waals surface area contributed by atoms with E-state index in [0.29, 0.717) is 25.4 Å². The third-order valence-corrected chi connectivity index (χ3v) is 12.2.